The first-order valence-electron chi connectivity index (χ1n) is 10.1. The number of benzene rings is 2. The minimum absolute atomic E-state index is 0.113. The van der Waals surface area contributed by atoms with Crippen LogP contribution in [-0.2, 0) is 10.3 Å². The number of unbranched alkanes of at least 4 members (excludes halogenated alkanes) is 1. The van der Waals surface area contributed by atoms with E-state index in [1.165, 1.54) is 12.1 Å². The molecule has 1 aliphatic heterocycles. The summed E-state index contributed by atoms with van der Waals surface area (Å²) in [5.74, 6) is 0.983. The smallest absolute Gasteiger partial charge is 0.133 e. The highest BCUT2D eigenvalue weighted by atomic mass is 19.1. The number of hydrogen-bond acceptors (Lipinski definition) is 4. The van der Waals surface area contributed by atoms with Crippen LogP contribution in [0.3, 0.4) is 0 Å². The maximum absolute atomic E-state index is 13.2. The van der Waals surface area contributed by atoms with E-state index in [1.54, 1.807) is 19.2 Å². The first kappa shape index (κ1) is 20.8. The maximum Gasteiger partial charge on any atom is 0.133 e. The van der Waals surface area contributed by atoms with Crippen LogP contribution in [0.25, 0.3) is 0 Å². The quantitative estimate of drug-likeness (QED) is 0.617. The largest absolute Gasteiger partial charge is 0.457 e. The van der Waals surface area contributed by atoms with Crippen molar-refractivity contribution < 1.29 is 19.0 Å². The third-order valence-electron chi connectivity index (χ3n) is 5.52. The molecule has 2 aromatic rings. The van der Waals surface area contributed by atoms with Crippen molar-refractivity contribution in [2.45, 2.75) is 37.7 Å². The lowest BCUT2D eigenvalue weighted by Gasteiger charge is -2.40. The number of hydrogen-bond donors (Lipinski definition) is 2. The molecule has 4 nitrogen and oxygen atoms in total. The topological polar surface area (TPSA) is 50.7 Å². The normalized spacial score (nSPS) is 19.2. The van der Waals surface area contributed by atoms with Crippen molar-refractivity contribution in [2.75, 3.05) is 26.8 Å². The average molecular weight is 387 g/mol. The van der Waals surface area contributed by atoms with Crippen LogP contribution >= 0.6 is 0 Å². The summed E-state index contributed by atoms with van der Waals surface area (Å²) in [7, 11) is 1.70. The second-order valence-electron chi connectivity index (χ2n) is 7.47. The molecule has 1 saturated heterocycles. The molecule has 5 heteroatoms. The van der Waals surface area contributed by atoms with Gasteiger partial charge in [0.05, 0.1) is 5.60 Å². The number of halogens is 1. The Bertz CT molecular complexity index is 731. The van der Waals surface area contributed by atoms with Gasteiger partial charge in [-0.25, -0.2) is 4.39 Å². The number of nitrogens with one attached hydrogen (secondary N) is 1. The zero-order valence-electron chi connectivity index (χ0n) is 16.5. The number of piperidine rings is 1. The molecule has 0 radical (unpaired) electrons. The van der Waals surface area contributed by atoms with Gasteiger partial charge in [-0.15, -0.1) is 0 Å². The molecule has 0 unspecified atom stereocenters. The Balaban J connectivity index is 1.88. The van der Waals surface area contributed by atoms with Crippen LogP contribution in [0.4, 0.5) is 4.39 Å². The Labute approximate surface area is 166 Å². The van der Waals surface area contributed by atoms with E-state index in [-0.39, 0.29) is 11.7 Å². The minimum atomic E-state index is -0.988. The van der Waals surface area contributed by atoms with Gasteiger partial charge in [-0.2, -0.15) is 0 Å². The van der Waals surface area contributed by atoms with Crippen molar-refractivity contribution >= 4 is 0 Å². The molecular formula is C23H30FNO3. The van der Waals surface area contributed by atoms with E-state index in [2.05, 4.69) is 5.32 Å². The van der Waals surface area contributed by atoms with Crippen LogP contribution in [0, 0.1) is 11.7 Å². The van der Waals surface area contributed by atoms with E-state index in [0.29, 0.717) is 24.5 Å². The Morgan fingerprint density at radius 2 is 1.93 bits per heavy atom. The molecule has 28 heavy (non-hydrogen) atoms. The van der Waals surface area contributed by atoms with Crippen molar-refractivity contribution in [3.05, 3.63) is 59.9 Å². The molecule has 1 heterocycles. The lowest BCUT2D eigenvalue weighted by Crippen LogP contribution is -2.44. The van der Waals surface area contributed by atoms with Crippen LogP contribution in [-0.4, -0.2) is 31.9 Å². The predicted molar refractivity (Wildman–Crippen MR) is 108 cm³/mol. The summed E-state index contributed by atoms with van der Waals surface area (Å²) in [6, 6.07) is 13.6. The van der Waals surface area contributed by atoms with Crippen LogP contribution in [0.15, 0.2) is 48.5 Å². The Hall–Kier alpha value is -1.95. The fourth-order valence-electron chi connectivity index (χ4n) is 4.00. The molecule has 1 fully saturated rings. The second kappa shape index (κ2) is 10.0. The molecule has 0 bridgehead atoms. The number of methoxy groups -OCH3 is 1. The van der Waals surface area contributed by atoms with E-state index in [9.17, 15) is 9.50 Å². The van der Waals surface area contributed by atoms with Crippen molar-refractivity contribution in [1.82, 2.24) is 5.32 Å². The Morgan fingerprint density at radius 1 is 1.14 bits per heavy atom. The molecule has 0 aromatic heterocycles. The van der Waals surface area contributed by atoms with Crippen LogP contribution < -0.4 is 10.1 Å². The standard InChI is InChI=1S/C23H30FNO3/c1-27-16-5-4-14-23(26,18-7-6-15-25-17-18)21-8-2-3-9-22(21)28-20-12-10-19(24)11-13-20/h2-3,8-13,18,25-26H,4-7,14-17H2,1H3/t18-,23+/m1/s1. The van der Waals surface area contributed by atoms with Crippen molar-refractivity contribution in [1.29, 1.82) is 0 Å². The third kappa shape index (κ3) is 5.10. The molecule has 0 aliphatic carbocycles. The molecule has 0 amide bonds. The second-order valence-corrected chi connectivity index (χ2v) is 7.47. The van der Waals surface area contributed by atoms with Crippen LogP contribution in [0.2, 0.25) is 0 Å². The zero-order valence-corrected chi connectivity index (χ0v) is 16.5. The predicted octanol–water partition coefficient (Wildman–Crippen LogP) is 4.62. The molecule has 1 aliphatic rings. The van der Waals surface area contributed by atoms with Crippen molar-refractivity contribution in [3.8, 4) is 11.5 Å². The lowest BCUT2D eigenvalue weighted by atomic mass is 9.74. The van der Waals surface area contributed by atoms with E-state index < -0.39 is 5.60 Å². The molecule has 2 atom stereocenters. The first-order valence-corrected chi connectivity index (χ1v) is 10.1. The third-order valence-corrected chi connectivity index (χ3v) is 5.52. The number of ether oxygens (including phenoxy) is 2. The van der Waals surface area contributed by atoms with Gasteiger partial charge in [0.15, 0.2) is 0 Å². The van der Waals surface area contributed by atoms with Gasteiger partial charge in [-0.1, -0.05) is 18.2 Å². The highest BCUT2D eigenvalue weighted by molar-refractivity contribution is 5.42. The number of para-hydroxylation sites is 1. The summed E-state index contributed by atoms with van der Waals surface area (Å²) in [5, 5.41) is 15.3. The van der Waals surface area contributed by atoms with Crippen LogP contribution in [0.5, 0.6) is 11.5 Å². The fourth-order valence-corrected chi connectivity index (χ4v) is 4.00. The van der Waals surface area contributed by atoms with Crippen LogP contribution in [0.1, 0.15) is 37.7 Å². The molecular weight excluding hydrogens is 357 g/mol. The molecule has 2 N–H and O–H groups in total. The van der Waals surface area contributed by atoms with E-state index >= 15 is 0 Å². The summed E-state index contributed by atoms with van der Waals surface area (Å²) in [4.78, 5) is 0. The Kier molecular flexibility index (Phi) is 7.43. The summed E-state index contributed by atoms with van der Waals surface area (Å²) in [6.07, 6.45) is 4.43. The van der Waals surface area contributed by atoms with Gasteiger partial charge in [0.25, 0.3) is 0 Å². The summed E-state index contributed by atoms with van der Waals surface area (Å²) < 4.78 is 24.5. The van der Waals surface area contributed by atoms with Gasteiger partial charge >= 0.3 is 0 Å². The number of aliphatic hydroxyl groups is 1. The van der Waals surface area contributed by atoms with Gasteiger partial charge < -0.3 is 19.9 Å². The molecule has 0 saturated carbocycles. The van der Waals surface area contributed by atoms with Crippen molar-refractivity contribution in [2.24, 2.45) is 5.92 Å². The minimum Gasteiger partial charge on any atom is -0.457 e. The maximum atomic E-state index is 13.2. The van der Waals surface area contributed by atoms with Crippen molar-refractivity contribution in [3.63, 3.8) is 0 Å². The number of rotatable bonds is 9. The molecule has 3 rings (SSSR count). The first-order chi connectivity index (χ1) is 13.6. The average Bonchev–Trinajstić information content (AvgIpc) is 2.74. The Morgan fingerprint density at radius 3 is 2.64 bits per heavy atom. The van der Waals surface area contributed by atoms with E-state index in [4.69, 9.17) is 9.47 Å². The highest BCUT2D eigenvalue weighted by Crippen LogP contribution is 2.43. The van der Waals surface area contributed by atoms with Gasteiger partial charge in [0.2, 0.25) is 0 Å². The molecule has 152 valence electrons. The lowest BCUT2D eigenvalue weighted by molar-refractivity contribution is -0.0446. The zero-order chi connectivity index (χ0) is 19.8. The van der Waals surface area contributed by atoms with Gasteiger partial charge in [0, 0.05) is 31.7 Å². The monoisotopic (exact) mass is 387 g/mol. The molecule has 0 spiro atoms. The van der Waals surface area contributed by atoms with E-state index in [1.807, 2.05) is 24.3 Å². The van der Waals surface area contributed by atoms with E-state index in [0.717, 1.165) is 44.3 Å². The summed E-state index contributed by atoms with van der Waals surface area (Å²) in [6.45, 7) is 2.46. The van der Waals surface area contributed by atoms with Gasteiger partial charge in [-0.05, 0) is 69.0 Å². The fraction of sp³-hybridized carbons (Fsp3) is 0.478. The SMILES string of the molecule is COCCCC[C@@](O)(c1ccccc1Oc1ccc(F)cc1)[C@@H]1CCCNC1. The molecule has 2 aromatic carbocycles. The van der Waals surface area contributed by atoms with Gasteiger partial charge in [0.1, 0.15) is 17.3 Å². The highest BCUT2D eigenvalue weighted by Gasteiger charge is 2.40. The van der Waals surface area contributed by atoms with Gasteiger partial charge in [-0.3, -0.25) is 0 Å². The summed E-state index contributed by atoms with van der Waals surface area (Å²) in [5.41, 5.74) is -0.192. The summed E-state index contributed by atoms with van der Waals surface area (Å²) >= 11 is 0.